The highest BCUT2D eigenvalue weighted by atomic mass is 16.5. The number of hydrogen-bond donors (Lipinski definition) is 1. The van der Waals surface area contributed by atoms with Gasteiger partial charge in [-0.2, -0.15) is 0 Å². The smallest absolute Gasteiger partial charge is 0.237 e. The van der Waals surface area contributed by atoms with Crippen LogP contribution in [-0.2, 0) is 0 Å². The largest absolute Gasteiger partial charge is 0.473 e. The Hall–Kier alpha value is -1.25. The van der Waals surface area contributed by atoms with E-state index in [9.17, 15) is 0 Å². The van der Waals surface area contributed by atoms with Gasteiger partial charge in [-0.25, -0.2) is 4.98 Å². The Morgan fingerprint density at radius 1 is 1.20 bits per heavy atom. The summed E-state index contributed by atoms with van der Waals surface area (Å²) in [6.07, 6.45) is 10.5. The molecule has 4 fully saturated rings. The maximum absolute atomic E-state index is 6.19. The third kappa shape index (κ3) is 1.90. The number of pyridine rings is 1. The molecule has 1 aromatic heterocycles. The molecule has 1 atom stereocenters. The number of aromatic nitrogens is 1. The second-order valence-electron chi connectivity index (χ2n) is 7.44. The minimum atomic E-state index is 0.230. The van der Waals surface area contributed by atoms with Crippen LogP contribution < -0.4 is 10.5 Å². The molecule has 4 aliphatic rings. The molecule has 4 aliphatic carbocycles. The van der Waals surface area contributed by atoms with E-state index in [4.69, 9.17) is 10.5 Å². The van der Waals surface area contributed by atoms with Gasteiger partial charge in [0.25, 0.3) is 0 Å². The van der Waals surface area contributed by atoms with E-state index in [1.807, 2.05) is 12.1 Å². The topological polar surface area (TPSA) is 48.1 Å². The molecule has 0 radical (unpaired) electrons. The van der Waals surface area contributed by atoms with Gasteiger partial charge in [0, 0.05) is 11.6 Å². The Kier molecular flexibility index (Phi) is 2.73. The molecule has 5 rings (SSSR count). The molecular formula is C17H24N2O. The van der Waals surface area contributed by atoms with Crippen LogP contribution in [0.2, 0.25) is 0 Å². The van der Waals surface area contributed by atoms with Crippen LogP contribution in [0, 0.1) is 23.2 Å². The molecule has 2 N–H and O–H groups in total. The fraction of sp³-hybridized carbons (Fsp3) is 0.706. The molecule has 3 nitrogen and oxygen atoms in total. The molecule has 0 amide bonds. The lowest BCUT2D eigenvalue weighted by atomic mass is 9.48. The fourth-order valence-corrected chi connectivity index (χ4v) is 5.47. The standard InChI is InChI=1S/C17H24N2O/c1-11(20-16-15(18)3-2-4-19-16)17-8-12-5-13(9-17)7-14(6-12)10-17/h2-4,11-14H,5-10,18H2,1H3. The molecule has 0 spiro atoms. The number of nitrogens with two attached hydrogens (primary N) is 1. The van der Waals surface area contributed by atoms with Gasteiger partial charge < -0.3 is 10.5 Å². The van der Waals surface area contributed by atoms with Crippen LogP contribution in [0.3, 0.4) is 0 Å². The normalized spacial score (nSPS) is 39.8. The van der Waals surface area contributed by atoms with Crippen molar-refractivity contribution >= 4 is 5.69 Å². The first-order valence-corrected chi connectivity index (χ1v) is 8.02. The van der Waals surface area contributed by atoms with E-state index in [2.05, 4.69) is 11.9 Å². The quantitative estimate of drug-likeness (QED) is 0.913. The Balaban J connectivity index is 1.56. The van der Waals surface area contributed by atoms with Gasteiger partial charge in [0.15, 0.2) is 0 Å². The fourth-order valence-electron chi connectivity index (χ4n) is 5.47. The van der Waals surface area contributed by atoms with Gasteiger partial charge in [0.05, 0.1) is 5.69 Å². The summed E-state index contributed by atoms with van der Waals surface area (Å²) >= 11 is 0. The number of ether oxygens (including phenoxy) is 1. The molecule has 0 aromatic carbocycles. The van der Waals surface area contributed by atoms with E-state index in [1.54, 1.807) is 6.20 Å². The van der Waals surface area contributed by atoms with Crippen molar-refractivity contribution in [3.8, 4) is 5.88 Å². The highest BCUT2D eigenvalue weighted by molar-refractivity contribution is 5.47. The zero-order valence-corrected chi connectivity index (χ0v) is 12.2. The van der Waals surface area contributed by atoms with E-state index >= 15 is 0 Å². The van der Waals surface area contributed by atoms with E-state index in [-0.39, 0.29) is 6.10 Å². The summed E-state index contributed by atoms with van der Waals surface area (Å²) < 4.78 is 6.19. The lowest BCUT2D eigenvalue weighted by molar-refractivity contribution is -0.106. The van der Waals surface area contributed by atoms with Crippen molar-refractivity contribution in [2.75, 3.05) is 5.73 Å². The van der Waals surface area contributed by atoms with Crippen molar-refractivity contribution in [3.05, 3.63) is 18.3 Å². The minimum Gasteiger partial charge on any atom is -0.473 e. The van der Waals surface area contributed by atoms with Crippen molar-refractivity contribution in [1.29, 1.82) is 0 Å². The maximum atomic E-state index is 6.19. The van der Waals surface area contributed by atoms with E-state index in [1.165, 1.54) is 38.5 Å². The lowest BCUT2D eigenvalue weighted by Crippen LogP contribution is -2.52. The molecule has 3 heteroatoms. The lowest BCUT2D eigenvalue weighted by Gasteiger charge is -2.58. The zero-order valence-electron chi connectivity index (χ0n) is 12.2. The minimum absolute atomic E-state index is 0.230. The Morgan fingerprint density at radius 2 is 1.80 bits per heavy atom. The predicted octanol–water partition coefficient (Wildman–Crippen LogP) is 3.65. The molecule has 0 aliphatic heterocycles. The van der Waals surface area contributed by atoms with E-state index < -0.39 is 0 Å². The zero-order chi connectivity index (χ0) is 13.7. The van der Waals surface area contributed by atoms with Gasteiger partial charge in [-0.1, -0.05) is 0 Å². The summed E-state index contributed by atoms with van der Waals surface area (Å²) in [6.45, 7) is 2.24. The number of hydrogen-bond acceptors (Lipinski definition) is 3. The van der Waals surface area contributed by atoms with Gasteiger partial charge in [0.2, 0.25) is 5.88 Å². The third-order valence-corrected chi connectivity index (χ3v) is 6.04. The predicted molar refractivity (Wildman–Crippen MR) is 79.3 cm³/mol. The first-order valence-electron chi connectivity index (χ1n) is 8.02. The van der Waals surface area contributed by atoms with Gasteiger partial charge >= 0.3 is 0 Å². The van der Waals surface area contributed by atoms with Crippen LogP contribution in [0.25, 0.3) is 0 Å². The summed E-state index contributed by atoms with van der Waals surface area (Å²) in [5.41, 5.74) is 7.02. The van der Waals surface area contributed by atoms with Gasteiger partial charge in [-0.3, -0.25) is 0 Å². The van der Waals surface area contributed by atoms with Crippen molar-refractivity contribution in [1.82, 2.24) is 4.98 Å². The third-order valence-electron chi connectivity index (χ3n) is 6.04. The molecule has 20 heavy (non-hydrogen) atoms. The molecule has 1 unspecified atom stereocenters. The monoisotopic (exact) mass is 272 g/mol. The summed E-state index contributed by atoms with van der Waals surface area (Å²) in [7, 11) is 0. The second-order valence-corrected chi connectivity index (χ2v) is 7.44. The van der Waals surface area contributed by atoms with Crippen LogP contribution in [-0.4, -0.2) is 11.1 Å². The maximum Gasteiger partial charge on any atom is 0.237 e. The number of rotatable bonds is 3. The molecule has 1 heterocycles. The van der Waals surface area contributed by atoms with E-state index in [0.29, 0.717) is 17.0 Å². The van der Waals surface area contributed by atoms with Crippen LogP contribution in [0.4, 0.5) is 5.69 Å². The highest BCUT2D eigenvalue weighted by Gasteiger charge is 2.54. The van der Waals surface area contributed by atoms with Crippen LogP contribution in [0.15, 0.2) is 18.3 Å². The molecular weight excluding hydrogens is 248 g/mol. The number of nitrogen functional groups attached to an aromatic ring is 1. The van der Waals surface area contributed by atoms with Gasteiger partial charge in [-0.05, 0) is 75.3 Å². The Bertz CT molecular complexity index is 478. The number of anilines is 1. The van der Waals surface area contributed by atoms with Crippen molar-refractivity contribution in [2.45, 2.75) is 51.6 Å². The molecule has 1 aromatic rings. The van der Waals surface area contributed by atoms with E-state index in [0.717, 1.165) is 17.8 Å². The average Bonchev–Trinajstić information content (AvgIpc) is 2.40. The molecule has 0 saturated heterocycles. The Labute approximate surface area is 120 Å². The molecule has 4 bridgehead atoms. The average molecular weight is 272 g/mol. The molecule has 4 saturated carbocycles. The summed E-state index contributed by atoms with van der Waals surface area (Å²) in [4.78, 5) is 4.30. The first kappa shape index (κ1) is 12.5. The summed E-state index contributed by atoms with van der Waals surface area (Å²) in [5, 5.41) is 0. The summed E-state index contributed by atoms with van der Waals surface area (Å²) in [6, 6.07) is 3.73. The van der Waals surface area contributed by atoms with Crippen molar-refractivity contribution in [3.63, 3.8) is 0 Å². The molecule has 108 valence electrons. The second kappa shape index (κ2) is 4.37. The van der Waals surface area contributed by atoms with Crippen molar-refractivity contribution < 1.29 is 4.74 Å². The van der Waals surface area contributed by atoms with Gasteiger partial charge in [-0.15, -0.1) is 0 Å². The highest BCUT2D eigenvalue weighted by Crippen LogP contribution is 2.61. The first-order chi connectivity index (χ1) is 9.64. The van der Waals surface area contributed by atoms with Crippen LogP contribution in [0.5, 0.6) is 5.88 Å². The van der Waals surface area contributed by atoms with Gasteiger partial charge in [0.1, 0.15) is 6.10 Å². The summed E-state index contributed by atoms with van der Waals surface area (Å²) in [5.74, 6) is 3.48. The number of nitrogens with zero attached hydrogens (tertiary/aromatic N) is 1. The van der Waals surface area contributed by atoms with Crippen LogP contribution >= 0.6 is 0 Å². The Morgan fingerprint density at radius 3 is 2.35 bits per heavy atom. The van der Waals surface area contributed by atoms with Crippen molar-refractivity contribution in [2.24, 2.45) is 23.2 Å². The SMILES string of the molecule is CC(Oc1ncccc1N)C12CC3CC(CC(C3)C1)C2. The van der Waals surface area contributed by atoms with Crippen LogP contribution in [0.1, 0.15) is 45.4 Å².